The fourth-order valence-electron chi connectivity index (χ4n) is 3.54. The third kappa shape index (κ3) is 5.66. The maximum atomic E-state index is 6.15. The molecule has 8 heteroatoms. The molecule has 2 aromatic heterocycles. The van der Waals surface area contributed by atoms with Gasteiger partial charge in [-0.25, -0.2) is 0 Å². The minimum Gasteiger partial charge on any atom is -0.361 e. The van der Waals surface area contributed by atoms with Gasteiger partial charge in [-0.1, -0.05) is 25.4 Å². The van der Waals surface area contributed by atoms with Gasteiger partial charge in [0.15, 0.2) is 5.96 Å². The molecule has 0 aliphatic rings. The second-order valence-electron chi connectivity index (χ2n) is 7.45. The monoisotopic (exact) mass is 528 g/mol. The molecule has 29 heavy (non-hydrogen) atoms. The third-order valence-electron chi connectivity index (χ3n) is 4.87. The molecule has 158 valence electrons. The average Bonchev–Trinajstić information content (AvgIpc) is 3.21. The van der Waals surface area contributed by atoms with E-state index in [2.05, 4.69) is 58.6 Å². The van der Waals surface area contributed by atoms with Crippen molar-refractivity contribution in [3.63, 3.8) is 0 Å². The zero-order valence-electron chi connectivity index (χ0n) is 17.7. The van der Waals surface area contributed by atoms with E-state index in [1.54, 1.807) is 0 Å². The van der Waals surface area contributed by atoms with Crippen LogP contribution in [-0.2, 0) is 20.0 Å². The number of H-pyrrole nitrogens is 1. The molecule has 0 atom stereocenters. The molecular formula is C21H30ClIN6. The van der Waals surface area contributed by atoms with Gasteiger partial charge < -0.3 is 15.2 Å². The Morgan fingerprint density at radius 3 is 2.79 bits per heavy atom. The molecule has 2 heterocycles. The number of guanidine groups is 1. The number of halogens is 2. The largest absolute Gasteiger partial charge is 0.361 e. The normalized spacial score (nSPS) is 11.8. The summed E-state index contributed by atoms with van der Waals surface area (Å²) in [6.45, 7) is 5.91. The molecule has 3 aromatic rings. The van der Waals surface area contributed by atoms with E-state index >= 15 is 0 Å². The summed E-state index contributed by atoms with van der Waals surface area (Å²) in [5.41, 5.74) is 4.73. The maximum Gasteiger partial charge on any atom is 0.193 e. The Balaban J connectivity index is 0.00000300. The van der Waals surface area contributed by atoms with Crippen LogP contribution in [0.5, 0.6) is 0 Å². The Labute approximate surface area is 194 Å². The first-order chi connectivity index (χ1) is 13.4. The zero-order chi connectivity index (χ0) is 20.3. The van der Waals surface area contributed by atoms with Crippen LogP contribution in [0.15, 0.2) is 35.6 Å². The summed E-state index contributed by atoms with van der Waals surface area (Å²) in [6.07, 6.45) is 5.03. The Morgan fingerprint density at radius 2 is 2.10 bits per heavy atom. The van der Waals surface area contributed by atoms with Crippen LogP contribution >= 0.6 is 35.6 Å². The van der Waals surface area contributed by atoms with Crippen LogP contribution in [0.3, 0.4) is 0 Å². The molecule has 0 aliphatic heterocycles. The van der Waals surface area contributed by atoms with Crippen LogP contribution in [0.2, 0.25) is 5.02 Å². The molecule has 0 bridgehead atoms. The van der Waals surface area contributed by atoms with Gasteiger partial charge in [0.1, 0.15) is 0 Å². The molecule has 0 aliphatic carbocycles. The van der Waals surface area contributed by atoms with Crippen LogP contribution in [-0.4, -0.2) is 46.3 Å². The molecule has 0 fully saturated rings. The first-order valence-corrected chi connectivity index (χ1v) is 9.96. The molecule has 6 nitrogen and oxygen atoms in total. The molecular weight excluding hydrogens is 499 g/mol. The summed E-state index contributed by atoms with van der Waals surface area (Å²) in [5.74, 6) is 1.27. The van der Waals surface area contributed by atoms with E-state index < -0.39 is 0 Å². The van der Waals surface area contributed by atoms with Crippen molar-refractivity contribution in [3.8, 4) is 0 Å². The summed E-state index contributed by atoms with van der Waals surface area (Å²) < 4.78 is 1.89. The van der Waals surface area contributed by atoms with E-state index in [-0.39, 0.29) is 24.0 Å². The number of aromatic amines is 1. The van der Waals surface area contributed by atoms with Crippen molar-refractivity contribution < 1.29 is 0 Å². The van der Waals surface area contributed by atoms with Gasteiger partial charge in [0, 0.05) is 68.1 Å². The van der Waals surface area contributed by atoms with E-state index in [9.17, 15) is 0 Å². The molecule has 0 spiro atoms. The van der Waals surface area contributed by atoms with Crippen molar-refractivity contribution in [2.75, 3.05) is 20.6 Å². The standard InChI is InChI=1S/C21H29ClN6.HI/c1-14(2)20-16(13-28(5)26-20)12-27(4)21(23-3)24-9-8-15-11-25-19-7-6-17(22)10-18(15)19;/h6-7,10-11,13-14,25H,8-9,12H2,1-5H3,(H,23,24);1H. The van der Waals surface area contributed by atoms with Gasteiger partial charge in [-0.3, -0.25) is 9.67 Å². The highest BCUT2D eigenvalue weighted by Gasteiger charge is 2.15. The molecule has 0 radical (unpaired) electrons. The first-order valence-electron chi connectivity index (χ1n) is 9.58. The van der Waals surface area contributed by atoms with Crippen molar-refractivity contribution in [3.05, 3.63) is 52.4 Å². The lowest BCUT2D eigenvalue weighted by Crippen LogP contribution is -2.39. The minimum atomic E-state index is 0. The fraction of sp³-hybridized carbons (Fsp3) is 0.429. The number of hydrogen-bond donors (Lipinski definition) is 2. The predicted molar refractivity (Wildman–Crippen MR) is 133 cm³/mol. The Hall–Kier alpha value is -1.74. The molecule has 0 saturated heterocycles. The smallest absolute Gasteiger partial charge is 0.193 e. The van der Waals surface area contributed by atoms with Gasteiger partial charge >= 0.3 is 0 Å². The van der Waals surface area contributed by atoms with Gasteiger partial charge in [0.2, 0.25) is 0 Å². The highest BCUT2D eigenvalue weighted by Crippen LogP contribution is 2.22. The number of aryl methyl sites for hydroxylation is 1. The molecule has 0 unspecified atom stereocenters. The Bertz CT molecular complexity index is 975. The summed E-state index contributed by atoms with van der Waals surface area (Å²) in [4.78, 5) is 9.88. The third-order valence-corrected chi connectivity index (χ3v) is 5.11. The second kappa shape index (κ2) is 10.3. The lowest BCUT2D eigenvalue weighted by molar-refractivity contribution is 0.474. The lowest BCUT2D eigenvalue weighted by Gasteiger charge is -2.22. The van der Waals surface area contributed by atoms with Crippen LogP contribution in [0, 0.1) is 0 Å². The number of aliphatic imine (C=N–C) groups is 1. The van der Waals surface area contributed by atoms with Crippen LogP contribution in [0.25, 0.3) is 10.9 Å². The summed E-state index contributed by atoms with van der Waals surface area (Å²) >= 11 is 6.15. The highest BCUT2D eigenvalue weighted by atomic mass is 127. The van der Waals surface area contributed by atoms with Gasteiger partial charge in [-0.05, 0) is 36.1 Å². The number of nitrogens with zero attached hydrogens (tertiary/aromatic N) is 4. The summed E-state index contributed by atoms with van der Waals surface area (Å²) in [7, 11) is 5.84. The molecule has 3 rings (SSSR count). The number of nitrogens with one attached hydrogen (secondary N) is 2. The number of benzene rings is 1. The SMILES string of the molecule is CN=C(NCCc1c[nH]c2ccc(Cl)cc12)N(C)Cc1cn(C)nc1C(C)C.I. The van der Waals surface area contributed by atoms with Crippen molar-refractivity contribution in [2.24, 2.45) is 12.0 Å². The summed E-state index contributed by atoms with van der Waals surface area (Å²) in [6, 6.07) is 5.93. The average molecular weight is 529 g/mol. The molecule has 0 saturated carbocycles. The van der Waals surface area contributed by atoms with E-state index in [0.29, 0.717) is 5.92 Å². The van der Waals surface area contributed by atoms with Crippen LogP contribution in [0.1, 0.15) is 36.6 Å². The van der Waals surface area contributed by atoms with Crippen LogP contribution < -0.4 is 5.32 Å². The van der Waals surface area contributed by atoms with Gasteiger partial charge in [-0.2, -0.15) is 5.10 Å². The van der Waals surface area contributed by atoms with E-state index in [1.165, 1.54) is 16.5 Å². The minimum absolute atomic E-state index is 0. The van der Waals surface area contributed by atoms with Crippen molar-refractivity contribution in [2.45, 2.75) is 32.7 Å². The van der Waals surface area contributed by atoms with E-state index in [4.69, 9.17) is 11.6 Å². The lowest BCUT2D eigenvalue weighted by atomic mass is 10.1. The Kier molecular flexibility index (Phi) is 8.39. The van der Waals surface area contributed by atoms with Crippen molar-refractivity contribution >= 4 is 52.4 Å². The predicted octanol–water partition coefficient (Wildman–Crippen LogP) is 4.55. The number of aromatic nitrogens is 3. The topological polar surface area (TPSA) is 61.2 Å². The number of fused-ring (bicyclic) bond motifs is 1. The maximum absolute atomic E-state index is 6.15. The highest BCUT2D eigenvalue weighted by molar-refractivity contribution is 14.0. The quantitative estimate of drug-likeness (QED) is 0.280. The van der Waals surface area contributed by atoms with Gasteiger partial charge in [0.05, 0.1) is 5.69 Å². The first kappa shape index (κ1) is 23.5. The van der Waals surface area contributed by atoms with Gasteiger partial charge in [0.25, 0.3) is 0 Å². The Morgan fingerprint density at radius 1 is 1.34 bits per heavy atom. The number of hydrogen-bond acceptors (Lipinski definition) is 2. The molecule has 2 N–H and O–H groups in total. The second-order valence-corrected chi connectivity index (χ2v) is 7.89. The number of rotatable bonds is 6. The molecule has 1 aromatic carbocycles. The fourth-order valence-corrected chi connectivity index (χ4v) is 3.72. The van der Waals surface area contributed by atoms with E-state index in [0.717, 1.165) is 41.7 Å². The summed E-state index contributed by atoms with van der Waals surface area (Å²) in [5, 5.41) is 9.99. The van der Waals surface area contributed by atoms with Crippen molar-refractivity contribution in [1.82, 2.24) is 25.0 Å². The van der Waals surface area contributed by atoms with Crippen molar-refractivity contribution in [1.29, 1.82) is 0 Å². The van der Waals surface area contributed by atoms with Crippen LogP contribution in [0.4, 0.5) is 0 Å². The van der Waals surface area contributed by atoms with Gasteiger partial charge in [-0.15, -0.1) is 24.0 Å². The zero-order valence-corrected chi connectivity index (χ0v) is 20.7. The molecule has 0 amide bonds. The van der Waals surface area contributed by atoms with E-state index in [1.807, 2.05) is 37.0 Å².